The number of rotatable bonds is 14. The second kappa shape index (κ2) is 17.5. The fourth-order valence-electron chi connectivity index (χ4n) is 6.53. The van der Waals surface area contributed by atoms with Gasteiger partial charge >= 0.3 is 6.09 Å². The maximum absolute atomic E-state index is 15.1. The summed E-state index contributed by atoms with van der Waals surface area (Å²) in [6, 6.07) is 14.1. The standard InChI is InChI=1S/C38H46Cl2FN7O3/c1-25-21-26(2)35(27(3)22-25)36(30-23-28(39)7-9-31(30)40)48(38(49)50)34-11-12-42-37(44-34)43-29-8-10-33(32(41)24-29)51-20-6-13-46-16-18-47(19-17-46)15-14-45(4)5/h7-12,21-24,36H,6,13-20H2,1-5H3,(H,49,50)(H,42,43,44). The molecule has 272 valence electrons. The lowest BCUT2D eigenvalue weighted by molar-refractivity contribution is 0.119. The summed E-state index contributed by atoms with van der Waals surface area (Å²) in [5, 5.41) is 14.4. The molecule has 4 aromatic rings. The van der Waals surface area contributed by atoms with E-state index in [0.717, 1.165) is 79.4 Å². The van der Waals surface area contributed by atoms with E-state index in [9.17, 15) is 9.90 Å². The highest BCUT2D eigenvalue weighted by molar-refractivity contribution is 6.33. The second-order valence-corrected chi connectivity index (χ2v) is 14.1. The van der Waals surface area contributed by atoms with Crippen molar-refractivity contribution in [3.8, 4) is 5.75 Å². The van der Waals surface area contributed by atoms with Gasteiger partial charge in [-0.25, -0.2) is 19.1 Å². The van der Waals surface area contributed by atoms with Crippen molar-refractivity contribution in [2.45, 2.75) is 33.2 Å². The van der Waals surface area contributed by atoms with Gasteiger partial charge in [0.05, 0.1) is 12.6 Å². The molecule has 10 nitrogen and oxygen atoms in total. The van der Waals surface area contributed by atoms with Crippen LogP contribution in [0.2, 0.25) is 10.0 Å². The van der Waals surface area contributed by atoms with Gasteiger partial charge in [0, 0.05) is 73.8 Å². The summed E-state index contributed by atoms with van der Waals surface area (Å²) in [5.74, 6) is -0.192. The summed E-state index contributed by atoms with van der Waals surface area (Å²) < 4.78 is 20.9. The van der Waals surface area contributed by atoms with E-state index in [1.807, 2.05) is 32.9 Å². The van der Waals surface area contributed by atoms with E-state index in [0.29, 0.717) is 27.9 Å². The number of nitrogens with one attached hydrogen (secondary N) is 1. The molecule has 0 aliphatic carbocycles. The lowest BCUT2D eigenvalue weighted by Gasteiger charge is -2.35. The van der Waals surface area contributed by atoms with Crippen molar-refractivity contribution in [3.63, 3.8) is 0 Å². The van der Waals surface area contributed by atoms with Crippen LogP contribution in [0.15, 0.2) is 60.8 Å². The largest absolute Gasteiger partial charge is 0.490 e. The minimum atomic E-state index is -1.25. The average molecular weight is 739 g/mol. The Labute approximate surface area is 309 Å². The van der Waals surface area contributed by atoms with Gasteiger partial charge < -0.3 is 25.0 Å². The number of aryl methyl sites for hydroxylation is 3. The first-order chi connectivity index (χ1) is 24.4. The number of carbonyl (C=O) groups is 1. The number of hydrogen-bond donors (Lipinski definition) is 2. The highest BCUT2D eigenvalue weighted by Crippen LogP contribution is 2.40. The number of carboxylic acid groups (broad SMARTS) is 1. The van der Waals surface area contributed by atoms with Gasteiger partial charge in [0.2, 0.25) is 5.95 Å². The zero-order chi connectivity index (χ0) is 36.7. The van der Waals surface area contributed by atoms with Gasteiger partial charge in [-0.05, 0) is 99.9 Å². The van der Waals surface area contributed by atoms with E-state index in [4.69, 9.17) is 27.9 Å². The molecule has 0 saturated carbocycles. The zero-order valence-electron chi connectivity index (χ0n) is 29.8. The van der Waals surface area contributed by atoms with Gasteiger partial charge in [-0.15, -0.1) is 0 Å². The van der Waals surface area contributed by atoms with Crippen LogP contribution in [0.4, 0.5) is 26.6 Å². The first-order valence-corrected chi connectivity index (χ1v) is 17.8. The van der Waals surface area contributed by atoms with Crippen molar-refractivity contribution < 1.29 is 19.0 Å². The van der Waals surface area contributed by atoms with Crippen LogP contribution >= 0.6 is 23.2 Å². The van der Waals surface area contributed by atoms with E-state index in [1.54, 1.807) is 30.3 Å². The Morgan fingerprint density at radius 2 is 1.67 bits per heavy atom. The molecule has 0 bridgehead atoms. The number of aromatic nitrogens is 2. The highest BCUT2D eigenvalue weighted by atomic mass is 35.5. The number of likely N-dealkylation sites (N-methyl/N-ethyl adjacent to an activating group) is 1. The molecule has 1 atom stereocenters. The molecule has 1 aliphatic rings. The highest BCUT2D eigenvalue weighted by Gasteiger charge is 2.33. The fourth-order valence-corrected chi connectivity index (χ4v) is 6.93. The van der Waals surface area contributed by atoms with Gasteiger partial charge in [0.15, 0.2) is 11.6 Å². The van der Waals surface area contributed by atoms with Gasteiger partial charge in [-0.3, -0.25) is 4.90 Å². The topological polar surface area (TPSA) is 97.3 Å². The molecule has 1 aliphatic heterocycles. The number of nitrogens with zero attached hydrogens (tertiary/aromatic N) is 6. The number of benzene rings is 3. The van der Waals surface area contributed by atoms with Crippen molar-refractivity contribution in [3.05, 3.63) is 104 Å². The molecule has 51 heavy (non-hydrogen) atoms. The molecular weight excluding hydrogens is 692 g/mol. The quantitative estimate of drug-likeness (QED) is 0.126. The van der Waals surface area contributed by atoms with Crippen molar-refractivity contribution >= 4 is 46.7 Å². The number of anilines is 3. The summed E-state index contributed by atoms with van der Waals surface area (Å²) in [5.41, 5.74) is 4.47. The molecular formula is C38H46Cl2FN7O3. The van der Waals surface area contributed by atoms with Gasteiger partial charge in [-0.2, -0.15) is 4.98 Å². The predicted molar refractivity (Wildman–Crippen MR) is 203 cm³/mol. The van der Waals surface area contributed by atoms with Crippen LogP contribution in [-0.4, -0.2) is 102 Å². The summed E-state index contributed by atoms with van der Waals surface area (Å²) in [6.07, 6.45) is 0.986. The molecule has 1 unspecified atom stereocenters. The number of halogens is 3. The van der Waals surface area contributed by atoms with E-state index in [1.165, 1.54) is 18.3 Å². The van der Waals surface area contributed by atoms with Crippen molar-refractivity contribution in [2.75, 3.05) is 76.7 Å². The fraction of sp³-hybridized carbons (Fsp3) is 0.395. The molecule has 2 N–H and O–H groups in total. The van der Waals surface area contributed by atoms with Gasteiger partial charge in [-0.1, -0.05) is 40.9 Å². The molecule has 13 heteroatoms. The maximum atomic E-state index is 15.1. The van der Waals surface area contributed by atoms with Crippen molar-refractivity contribution in [1.29, 1.82) is 0 Å². The molecule has 0 radical (unpaired) electrons. The Bertz CT molecular complexity index is 1800. The molecule has 0 spiro atoms. The number of piperazine rings is 1. The first kappa shape index (κ1) is 38.2. The Balaban J connectivity index is 1.28. The Morgan fingerprint density at radius 3 is 2.31 bits per heavy atom. The van der Waals surface area contributed by atoms with E-state index < -0.39 is 18.0 Å². The van der Waals surface area contributed by atoms with Crippen LogP contribution in [0.3, 0.4) is 0 Å². The van der Waals surface area contributed by atoms with E-state index >= 15 is 4.39 Å². The molecule has 1 fully saturated rings. The molecule has 2 heterocycles. The first-order valence-electron chi connectivity index (χ1n) is 17.1. The van der Waals surface area contributed by atoms with Crippen LogP contribution in [0.25, 0.3) is 0 Å². The molecule has 3 aromatic carbocycles. The summed E-state index contributed by atoms with van der Waals surface area (Å²) >= 11 is 13.1. The number of hydrogen-bond acceptors (Lipinski definition) is 8. The van der Waals surface area contributed by atoms with E-state index in [2.05, 4.69) is 44.1 Å². The Kier molecular flexibility index (Phi) is 13.1. The molecule has 1 saturated heterocycles. The minimum absolute atomic E-state index is 0.0851. The van der Waals surface area contributed by atoms with Crippen LogP contribution in [0.5, 0.6) is 5.75 Å². The average Bonchev–Trinajstić information content (AvgIpc) is 3.07. The summed E-state index contributed by atoms with van der Waals surface area (Å²) in [7, 11) is 4.19. The van der Waals surface area contributed by atoms with Gasteiger partial charge in [0.25, 0.3) is 0 Å². The van der Waals surface area contributed by atoms with Gasteiger partial charge in [0.1, 0.15) is 5.82 Å². The van der Waals surface area contributed by atoms with Crippen molar-refractivity contribution in [1.82, 2.24) is 24.7 Å². The third-order valence-electron chi connectivity index (χ3n) is 9.01. The van der Waals surface area contributed by atoms with E-state index in [-0.39, 0.29) is 17.5 Å². The van der Waals surface area contributed by atoms with Crippen LogP contribution in [0.1, 0.15) is 40.3 Å². The Morgan fingerprint density at radius 1 is 0.980 bits per heavy atom. The van der Waals surface area contributed by atoms with Crippen molar-refractivity contribution in [2.24, 2.45) is 0 Å². The lowest BCUT2D eigenvalue weighted by atomic mass is 9.89. The maximum Gasteiger partial charge on any atom is 0.413 e. The Hall–Kier alpha value is -4.00. The summed E-state index contributed by atoms with van der Waals surface area (Å²) in [4.78, 5) is 30.2. The molecule has 1 aromatic heterocycles. The third kappa shape index (κ3) is 10.1. The molecule has 5 rings (SSSR count). The second-order valence-electron chi connectivity index (χ2n) is 13.2. The third-order valence-corrected chi connectivity index (χ3v) is 9.59. The smallest absolute Gasteiger partial charge is 0.413 e. The normalized spacial score (nSPS) is 14.5. The lowest BCUT2D eigenvalue weighted by Crippen LogP contribution is -2.48. The van der Waals surface area contributed by atoms with Crippen LogP contribution < -0.4 is 15.0 Å². The van der Waals surface area contributed by atoms with Crippen LogP contribution in [-0.2, 0) is 0 Å². The zero-order valence-corrected chi connectivity index (χ0v) is 31.3. The monoisotopic (exact) mass is 737 g/mol. The number of amides is 1. The summed E-state index contributed by atoms with van der Waals surface area (Å²) in [6.45, 7) is 13.5. The number of ether oxygens (including phenoxy) is 1. The predicted octanol–water partition coefficient (Wildman–Crippen LogP) is 7.81. The molecule has 1 amide bonds. The SMILES string of the molecule is Cc1cc(C)c(C(c2cc(Cl)ccc2Cl)N(C(=O)O)c2ccnc(Nc3ccc(OCCCN4CCN(CCN(C)C)CC4)c(F)c3)n2)c(C)c1. The minimum Gasteiger partial charge on any atom is -0.490 e. The van der Waals surface area contributed by atoms with Crippen LogP contribution in [0, 0.1) is 26.6 Å².